The minimum absolute atomic E-state index is 0.547. The van der Waals surface area contributed by atoms with Crippen molar-refractivity contribution in [2.75, 3.05) is 18.1 Å². The van der Waals surface area contributed by atoms with Crippen LogP contribution in [0.3, 0.4) is 0 Å². The van der Waals surface area contributed by atoms with Crippen LogP contribution in [-0.4, -0.2) is 28.8 Å². The van der Waals surface area contributed by atoms with Crippen molar-refractivity contribution in [1.82, 2.24) is 5.32 Å². The van der Waals surface area contributed by atoms with E-state index in [4.69, 9.17) is 0 Å². The van der Waals surface area contributed by atoms with Crippen molar-refractivity contribution in [3.05, 3.63) is 21.9 Å². The first-order valence-electron chi connectivity index (χ1n) is 5.53. The predicted octanol–water partition coefficient (Wildman–Crippen LogP) is 2.65. The van der Waals surface area contributed by atoms with Gasteiger partial charge in [0.1, 0.15) is 0 Å². The summed E-state index contributed by atoms with van der Waals surface area (Å²) in [6.07, 6.45) is 0. The standard InChI is InChI=1S/C12H21NOS2/c1-10-4-6-16-11(10)8-13-5-7-15-9-12(2,3)14/h4,6,13-14H,5,7-9H2,1-3H3. The molecule has 16 heavy (non-hydrogen) atoms. The molecule has 0 amide bonds. The molecule has 0 unspecified atom stereocenters. The Balaban J connectivity index is 2.03. The Hall–Kier alpha value is -0.0300. The average molecular weight is 259 g/mol. The Morgan fingerprint density at radius 1 is 1.50 bits per heavy atom. The highest BCUT2D eigenvalue weighted by Crippen LogP contribution is 2.15. The van der Waals surface area contributed by atoms with E-state index in [0.29, 0.717) is 0 Å². The number of thiophene rings is 1. The van der Waals surface area contributed by atoms with Crippen LogP contribution in [0.15, 0.2) is 11.4 Å². The number of rotatable bonds is 7. The fourth-order valence-corrected chi connectivity index (χ4v) is 3.06. The third-order valence-corrected chi connectivity index (χ3v) is 4.56. The van der Waals surface area contributed by atoms with Crippen molar-refractivity contribution < 1.29 is 5.11 Å². The zero-order valence-electron chi connectivity index (χ0n) is 10.2. The molecule has 0 saturated carbocycles. The lowest BCUT2D eigenvalue weighted by Crippen LogP contribution is -2.23. The lowest BCUT2D eigenvalue weighted by Gasteiger charge is -2.16. The third-order valence-electron chi connectivity index (χ3n) is 2.13. The van der Waals surface area contributed by atoms with E-state index >= 15 is 0 Å². The van der Waals surface area contributed by atoms with E-state index in [1.54, 1.807) is 11.8 Å². The average Bonchev–Trinajstić information content (AvgIpc) is 2.56. The second-order valence-corrected chi connectivity index (χ2v) is 6.67. The highest BCUT2D eigenvalue weighted by atomic mass is 32.2. The summed E-state index contributed by atoms with van der Waals surface area (Å²) in [4.78, 5) is 1.42. The molecule has 0 radical (unpaired) electrons. The van der Waals surface area contributed by atoms with Crippen molar-refractivity contribution in [2.45, 2.75) is 32.9 Å². The van der Waals surface area contributed by atoms with Gasteiger partial charge in [-0.1, -0.05) is 0 Å². The van der Waals surface area contributed by atoms with Gasteiger partial charge in [0.15, 0.2) is 0 Å². The van der Waals surface area contributed by atoms with Gasteiger partial charge in [0.2, 0.25) is 0 Å². The Labute approximate surface area is 106 Å². The van der Waals surface area contributed by atoms with Crippen LogP contribution in [0.25, 0.3) is 0 Å². The number of thioether (sulfide) groups is 1. The van der Waals surface area contributed by atoms with Crippen LogP contribution in [0.5, 0.6) is 0 Å². The fourth-order valence-electron chi connectivity index (χ4n) is 1.25. The molecule has 2 N–H and O–H groups in total. The zero-order valence-corrected chi connectivity index (χ0v) is 11.9. The Morgan fingerprint density at radius 2 is 2.25 bits per heavy atom. The topological polar surface area (TPSA) is 32.3 Å². The van der Waals surface area contributed by atoms with Gasteiger partial charge in [-0.15, -0.1) is 11.3 Å². The summed E-state index contributed by atoms with van der Waals surface area (Å²) in [6, 6.07) is 2.16. The van der Waals surface area contributed by atoms with Gasteiger partial charge >= 0.3 is 0 Å². The Morgan fingerprint density at radius 3 is 2.81 bits per heavy atom. The van der Waals surface area contributed by atoms with Crippen molar-refractivity contribution in [2.24, 2.45) is 0 Å². The van der Waals surface area contributed by atoms with Gasteiger partial charge in [-0.2, -0.15) is 11.8 Å². The predicted molar refractivity (Wildman–Crippen MR) is 74.4 cm³/mol. The largest absolute Gasteiger partial charge is 0.390 e. The van der Waals surface area contributed by atoms with Crippen LogP contribution >= 0.6 is 23.1 Å². The van der Waals surface area contributed by atoms with Gasteiger partial charge in [0.05, 0.1) is 5.60 Å². The molecule has 0 saturated heterocycles. The molecule has 0 aromatic carbocycles. The van der Waals surface area contributed by atoms with Gasteiger partial charge in [-0.25, -0.2) is 0 Å². The zero-order chi connectivity index (χ0) is 12.0. The summed E-state index contributed by atoms with van der Waals surface area (Å²) < 4.78 is 0. The molecular formula is C12H21NOS2. The molecular weight excluding hydrogens is 238 g/mol. The maximum absolute atomic E-state index is 9.52. The molecule has 0 fully saturated rings. The monoisotopic (exact) mass is 259 g/mol. The quantitative estimate of drug-likeness (QED) is 0.738. The summed E-state index contributed by atoms with van der Waals surface area (Å²) in [5.41, 5.74) is 0.830. The summed E-state index contributed by atoms with van der Waals surface area (Å²) in [5, 5.41) is 15.1. The van der Waals surface area contributed by atoms with E-state index < -0.39 is 5.60 Å². The maximum atomic E-state index is 9.52. The molecule has 0 aliphatic heterocycles. The molecule has 2 nitrogen and oxygen atoms in total. The lowest BCUT2D eigenvalue weighted by atomic mass is 10.2. The number of nitrogens with one attached hydrogen (secondary N) is 1. The van der Waals surface area contributed by atoms with E-state index in [-0.39, 0.29) is 0 Å². The van der Waals surface area contributed by atoms with Crippen molar-refractivity contribution in [3.8, 4) is 0 Å². The first kappa shape index (κ1) is 14.0. The SMILES string of the molecule is Cc1ccsc1CNCCSCC(C)(C)O. The van der Waals surface area contributed by atoms with E-state index in [9.17, 15) is 5.11 Å². The number of aliphatic hydroxyl groups is 1. The van der Waals surface area contributed by atoms with Crippen LogP contribution in [0.1, 0.15) is 24.3 Å². The normalized spacial score (nSPS) is 12.0. The van der Waals surface area contributed by atoms with Crippen LogP contribution < -0.4 is 5.32 Å². The molecule has 0 atom stereocenters. The molecule has 92 valence electrons. The van der Waals surface area contributed by atoms with E-state index in [2.05, 4.69) is 23.7 Å². The van der Waals surface area contributed by atoms with Crippen LogP contribution in [0, 0.1) is 6.92 Å². The van der Waals surface area contributed by atoms with Crippen molar-refractivity contribution in [3.63, 3.8) is 0 Å². The highest BCUT2D eigenvalue weighted by Gasteiger charge is 2.11. The molecule has 0 spiro atoms. The van der Waals surface area contributed by atoms with Crippen LogP contribution in [0.2, 0.25) is 0 Å². The summed E-state index contributed by atoms with van der Waals surface area (Å²) in [6.45, 7) is 7.81. The van der Waals surface area contributed by atoms with Gasteiger partial charge in [0.25, 0.3) is 0 Å². The number of hydrogen-bond acceptors (Lipinski definition) is 4. The first-order valence-corrected chi connectivity index (χ1v) is 7.56. The van der Waals surface area contributed by atoms with Gasteiger partial charge in [0, 0.05) is 29.5 Å². The molecule has 4 heteroatoms. The molecule has 1 aromatic heterocycles. The van der Waals surface area contributed by atoms with E-state index in [1.165, 1.54) is 10.4 Å². The molecule has 1 heterocycles. The molecule has 0 bridgehead atoms. The number of hydrogen-bond donors (Lipinski definition) is 2. The smallest absolute Gasteiger partial charge is 0.0681 e. The first-order chi connectivity index (χ1) is 7.49. The summed E-state index contributed by atoms with van der Waals surface area (Å²) in [7, 11) is 0. The van der Waals surface area contributed by atoms with Gasteiger partial charge in [-0.3, -0.25) is 0 Å². The maximum Gasteiger partial charge on any atom is 0.0681 e. The second kappa shape index (κ2) is 6.64. The van der Waals surface area contributed by atoms with Gasteiger partial charge < -0.3 is 10.4 Å². The number of aryl methyl sites for hydroxylation is 1. The molecule has 1 rings (SSSR count). The lowest BCUT2D eigenvalue weighted by molar-refractivity contribution is 0.107. The summed E-state index contributed by atoms with van der Waals surface area (Å²) in [5.74, 6) is 1.85. The van der Waals surface area contributed by atoms with Gasteiger partial charge in [-0.05, 0) is 37.8 Å². The van der Waals surface area contributed by atoms with Crippen LogP contribution in [-0.2, 0) is 6.54 Å². The minimum atomic E-state index is -0.547. The molecule has 1 aromatic rings. The van der Waals surface area contributed by atoms with Crippen LogP contribution in [0.4, 0.5) is 0 Å². The van der Waals surface area contributed by atoms with Crippen molar-refractivity contribution >= 4 is 23.1 Å². The molecule has 0 aliphatic rings. The van der Waals surface area contributed by atoms with E-state index in [0.717, 1.165) is 24.6 Å². The molecule has 0 aliphatic carbocycles. The fraction of sp³-hybridized carbons (Fsp3) is 0.667. The second-order valence-electron chi connectivity index (χ2n) is 4.57. The Bertz CT molecular complexity index is 304. The highest BCUT2D eigenvalue weighted by molar-refractivity contribution is 7.99. The Kier molecular flexibility index (Phi) is 5.83. The van der Waals surface area contributed by atoms with E-state index in [1.807, 2.05) is 25.2 Å². The minimum Gasteiger partial charge on any atom is -0.390 e. The summed E-state index contributed by atoms with van der Waals surface area (Å²) >= 11 is 3.60. The van der Waals surface area contributed by atoms with Crippen molar-refractivity contribution in [1.29, 1.82) is 0 Å². The third kappa shape index (κ3) is 5.89.